The average Bonchev–Trinajstić information content (AvgIpc) is 2.72. The van der Waals surface area contributed by atoms with Crippen molar-refractivity contribution in [2.24, 2.45) is 11.1 Å². The van der Waals surface area contributed by atoms with Crippen molar-refractivity contribution in [3.63, 3.8) is 0 Å². The number of amides is 1. The molecule has 1 saturated carbocycles. The van der Waals surface area contributed by atoms with E-state index >= 15 is 0 Å². The minimum atomic E-state index is -4.56. The second-order valence-electron chi connectivity index (χ2n) is 5.56. The molecular weight excluding hydrogens is 305 g/mol. The number of alkyl halides is 3. The van der Waals surface area contributed by atoms with Crippen molar-refractivity contribution in [2.75, 3.05) is 5.32 Å². The first-order valence-electron chi connectivity index (χ1n) is 6.58. The van der Waals surface area contributed by atoms with Crippen LogP contribution in [0, 0.1) is 5.41 Å². The second kappa shape index (κ2) is 5.50. The summed E-state index contributed by atoms with van der Waals surface area (Å²) in [6.45, 7) is 1.74. The third-order valence-electron chi connectivity index (χ3n) is 4.08. The maximum absolute atomic E-state index is 12.8. The monoisotopic (exact) mass is 320 g/mol. The fraction of sp³-hybridized carbons (Fsp3) is 0.500. The van der Waals surface area contributed by atoms with Gasteiger partial charge in [0.1, 0.15) is 0 Å². The number of carbonyl (C=O) groups excluding carboxylic acids is 1. The predicted molar refractivity (Wildman–Crippen MR) is 75.0 cm³/mol. The van der Waals surface area contributed by atoms with Gasteiger partial charge in [0.2, 0.25) is 5.91 Å². The summed E-state index contributed by atoms with van der Waals surface area (Å²) < 4.78 is 38.4. The second-order valence-corrected chi connectivity index (χ2v) is 5.97. The maximum atomic E-state index is 12.8. The van der Waals surface area contributed by atoms with Crippen molar-refractivity contribution in [1.82, 2.24) is 0 Å². The zero-order valence-electron chi connectivity index (χ0n) is 11.4. The fourth-order valence-corrected chi connectivity index (χ4v) is 2.79. The van der Waals surface area contributed by atoms with Gasteiger partial charge in [-0.3, -0.25) is 4.79 Å². The summed E-state index contributed by atoms with van der Waals surface area (Å²) in [7, 11) is 0. The van der Waals surface area contributed by atoms with Gasteiger partial charge in [-0.2, -0.15) is 13.2 Å². The Hall–Kier alpha value is -1.27. The highest BCUT2D eigenvalue weighted by Gasteiger charge is 2.43. The van der Waals surface area contributed by atoms with Crippen molar-refractivity contribution in [3.05, 3.63) is 28.8 Å². The van der Waals surface area contributed by atoms with Gasteiger partial charge in [0.05, 0.1) is 16.0 Å². The van der Waals surface area contributed by atoms with Gasteiger partial charge in [-0.25, -0.2) is 0 Å². The van der Waals surface area contributed by atoms with Gasteiger partial charge < -0.3 is 11.1 Å². The molecule has 1 aromatic rings. The standard InChI is InChI=1S/C14H16ClF3N2O/c1-13(6-2-3-11(13)19)12(21)20-8-4-5-10(15)9(7-8)14(16,17)18/h4-5,7,11H,2-3,6,19H2,1H3,(H,20,21). The van der Waals surface area contributed by atoms with Crippen LogP contribution in [0.2, 0.25) is 5.02 Å². The Kier molecular flexibility index (Phi) is 4.22. The molecule has 0 bridgehead atoms. The molecular formula is C14H16ClF3N2O. The van der Waals surface area contributed by atoms with Crippen molar-refractivity contribution >= 4 is 23.2 Å². The van der Waals surface area contributed by atoms with E-state index in [1.54, 1.807) is 6.92 Å². The van der Waals surface area contributed by atoms with E-state index in [0.717, 1.165) is 25.0 Å². The van der Waals surface area contributed by atoms with Crippen molar-refractivity contribution < 1.29 is 18.0 Å². The number of hydrogen-bond acceptors (Lipinski definition) is 2. The fourth-order valence-electron chi connectivity index (χ4n) is 2.57. The van der Waals surface area contributed by atoms with Gasteiger partial charge in [0.15, 0.2) is 0 Å². The molecule has 0 aromatic heterocycles. The lowest BCUT2D eigenvalue weighted by Crippen LogP contribution is -2.44. The van der Waals surface area contributed by atoms with Gasteiger partial charge in [0.25, 0.3) is 0 Å². The van der Waals surface area contributed by atoms with E-state index < -0.39 is 22.2 Å². The Labute approximate surface area is 125 Å². The summed E-state index contributed by atoms with van der Waals surface area (Å²) in [6, 6.07) is 3.02. The van der Waals surface area contributed by atoms with Crippen molar-refractivity contribution in [2.45, 2.75) is 38.4 Å². The van der Waals surface area contributed by atoms with Gasteiger partial charge in [-0.1, -0.05) is 18.0 Å². The number of rotatable bonds is 2. The van der Waals surface area contributed by atoms with E-state index in [0.29, 0.717) is 6.42 Å². The smallest absolute Gasteiger partial charge is 0.327 e. The molecule has 2 unspecified atom stereocenters. The first kappa shape index (κ1) is 16.1. The topological polar surface area (TPSA) is 55.1 Å². The summed E-state index contributed by atoms with van der Waals surface area (Å²) in [5, 5.41) is 2.12. The Morgan fingerprint density at radius 3 is 2.67 bits per heavy atom. The number of benzene rings is 1. The van der Waals surface area contributed by atoms with Crippen molar-refractivity contribution in [3.8, 4) is 0 Å². The van der Waals surface area contributed by atoms with E-state index in [1.165, 1.54) is 6.07 Å². The first-order chi connectivity index (χ1) is 9.64. The number of nitrogens with two attached hydrogens (primary N) is 1. The highest BCUT2D eigenvalue weighted by atomic mass is 35.5. The molecule has 0 radical (unpaired) electrons. The van der Waals surface area contributed by atoms with E-state index in [-0.39, 0.29) is 17.6 Å². The Bertz CT molecular complexity index is 562. The number of halogens is 4. The van der Waals surface area contributed by atoms with Crippen LogP contribution in [0.3, 0.4) is 0 Å². The van der Waals surface area contributed by atoms with E-state index in [9.17, 15) is 18.0 Å². The Balaban J connectivity index is 2.23. The number of nitrogens with one attached hydrogen (secondary N) is 1. The minimum absolute atomic E-state index is 0.0667. The summed E-state index contributed by atoms with van der Waals surface area (Å²) in [6.07, 6.45) is -2.37. The lowest BCUT2D eigenvalue weighted by Gasteiger charge is -2.27. The van der Waals surface area contributed by atoms with Crippen molar-refractivity contribution in [1.29, 1.82) is 0 Å². The third-order valence-corrected chi connectivity index (χ3v) is 4.41. The molecule has 21 heavy (non-hydrogen) atoms. The van der Waals surface area contributed by atoms with Gasteiger partial charge in [-0.05, 0) is 38.0 Å². The largest absolute Gasteiger partial charge is 0.417 e. The first-order valence-corrected chi connectivity index (χ1v) is 6.96. The van der Waals surface area contributed by atoms with Crippen LogP contribution in [0.5, 0.6) is 0 Å². The quantitative estimate of drug-likeness (QED) is 0.870. The van der Waals surface area contributed by atoms with Crippen LogP contribution in [0.4, 0.5) is 18.9 Å². The molecule has 1 aliphatic rings. The molecule has 1 aliphatic carbocycles. The zero-order chi connectivity index (χ0) is 15.8. The molecule has 2 rings (SSSR count). The lowest BCUT2D eigenvalue weighted by atomic mass is 9.84. The third kappa shape index (κ3) is 3.16. The zero-order valence-corrected chi connectivity index (χ0v) is 12.2. The Morgan fingerprint density at radius 2 is 2.14 bits per heavy atom. The summed E-state index contributed by atoms with van der Waals surface area (Å²) in [5.41, 5.74) is 4.27. The van der Waals surface area contributed by atoms with E-state index in [2.05, 4.69) is 5.32 Å². The lowest BCUT2D eigenvalue weighted by molar-refractivity contribution is -0.137. The molecule has 1 amide bonds. The van der Waals surface area contributed by atoms with Gasteiger partial charge in [-0.15, -0.1) is 0 Å². The highest BCUT2D eigenvalue weighted by molar-refractivity contribution is 6.31. The van der Waals surface area contributed by atoms with Crippen LogP contribution >= 0.6 is 11.6 Å². The molecule has 7 heteroatoms. The molecule has 1 aromatic carbocycles. The van der Waals surface area contributed by atoms with Gasteiger partial charge >= 0.3 is 6.18 Å². The van der Waals surface area contributed by atoms with Crippen LogP contribution in [-0.2, 0) is 11.0 Å². The van der Waals surface area contributed by atoms with Crippen LogP contribution in [0.15, 0.2) is 18.2 Å². The molecule has 0 spiro atoms. The average molecular weight is 321 g/mol. The molecule has 3 nitrogen and oxygen atoms in total. The molecule has 2 atom stereocenters. The highest BCUT2D eigenvalue weighted by Crippen LogP contribution is 2.39. The van der Waals surface area contributed by atoms with Crippen LogP contribution < -0.4 is 11.1 Å². The molecule has 1 fully saturated rings. The predicted octanol–water partition coefficient (Wildman–Crippen LogP) is 3.81. The van der Waals surface area contributed by atoms with E-state index in [4.69, 9.17) is 17.3 Å². The Morgan fingerprint density at radius 1 is 1.48 bits per heavy atom. The number of anilines is 1. The number of carbonyl (C=O) groups is 1. The van der Waals surface area contributed by atoms with Gasteiger partial charge in [0, 0.05) is 11.7 Å². The summed E-state index contributed by atoms with van der Waals surface area (Å²) in [5.74, 6) is -0.358. The van der Waals surface area contributed by atoms with E-state index in [1.807, 2.05) is 0 Å². The molecule has 0 heterocycles. The molecule has 0 aliphatic heterocycles. The van der Waals surface area contributed by atoms with Crippen LogP contribution in [0.25, 0.3) is 0 Å². The maximum Gasteiger partial charge on any atom is 0.417 e. The summed E-state index contributed by atoms with van der Waals surface area (Å²) >= 11 is 5.54. The summed E-state index contributed by atoms with van der Waals surface area (Å²) in [4.78, 5) is 12.3. The number of hydrogen-bond donors (Lipinski definition) is 2. The van der Waals surface area contributed by atoms with Crippen LogP contribution in [-0.4, -0.2) is 11.9 Å². The minimum Gasteiger partial charge on any atom is -0.327 e. The molecule has 116 valence electrons. The molecule has 3 N–H and O–H groups in total. The SMILES string of the molecule is CC1(C(=O)Nc2ccc(Cl)c(C(F)(F)F)c2)CCCC1N. The molecule has 0 saturated heterocycles. The van der Waals surface area contributed by atoms with Crippen LogP contribution in [0.1, 0.15) is 31.7 Å². The normalized spacial score (nSPS) is 25.9.